The van der Waals surface area contributed by atoms with E-state index in [0.717, 1.165) is 5.69 Å². The fraction of sp³-hybridized carbons (Fsp3) is 0.714. The second-order valence-electron chi connectivity index (χ2n) is 6.03. The second-order valence-corrected chi connectivity index (χ2v) is 6.03. The molecule has 21 heavy (non-hydrogen) atoms. The largest absolute Gasteiger partial charge is 0.444 e. The first-order valence-corrected chi connectivity index (χ1v) is 7.12. The Morgan fingerprint density at radius 2 is 2.29 bits per heavy atom. The van der Waals surface area contributed by atoms with Gasteiger partial charge in [-0.25, -0.2) is 9.78 Å². The van der Waals surface area contributed by atoms with Gasteiger partial charge in [-0.05, 0) is 27.7 Å². The van der Waals surface area contributed by atoms with Crippen molar-refractivity contribution in [3.8, 4) is 0 Å². The highest BCUT2D eigenvalue weighted by molar-refractivity contribution is 5.68. The van der Waals surface area contributed by atoms with E-state index in [9.17, 15) is 9.90 Å². The lowest BCUT2D eigenvalue weighted by Crippen LogP contribution is -2.43. The van der Waals surface area contributed by atoms with Crippen LogP contribution in [-0.2, 0) is 11.3 Å². The lowest BCUT2D eigenvalue weighted by Gasteiger charge is -2.28. The van der Waals surface area contributed by atoms with E-state index in [2.05, 4.69) is 15.3 Å². The summed E-state index contributed by atoms with van der Waals surface area (Å²) in [4.78, 5) is 20.5. The van der Waals surface area contributed by atoms with Crippen molar-refractivity contribution in [2.75, 3.05) is 19.6 Å². The van der Waals surface area contributed by atoms with Gasteiger partial charge in [0.25, 0.3) is 0 Å². The Morgan fingerprint density at radius 3 is 2.81 bits per heavy atom. The summed E-state index contributed by atoms with van der Waals surface area (Å²) in [6.07, 6.45) is 2.36. The van der Waals surface area contributed by atoms with Crippen LogP contribution in [0, 0.1) is 0 Å². The summed E-state index contributed by atoms with van der Waals surface area (Å²) in [5, 5.41) is 12.7. The molecule has 1 aromatic rings. The van der Waals surface area contributed by atoms with Crippen LogP contribution < -0.4 is 5.32 Å². The fourth-order valence-electron chi connectivity index (χ4n) is 1.72. The van der Waals surface area contributed by atoms with E-state index in [1.54, 1.807) is 19.4 Å². The molecule has 1 heterocycles. The molecule has 7 heteroatoms. The third-order valence-electron chi connectivity index (χ3n) is 2.57. The van der Waals surface area contributed by atoms with Gasteiger partial charge in [-0.1, -0.05) is 0 Å². The lowest BCUT2D eigenvalue weighted by molar-refractivity contribution is 0.0164. The Hall–Kier alpha value is -1.60. The molecule has 0 aliphatic rings. The molecule has 3 N–H and O–H groups in total. The molecule has 7 nitrogen and oxygen atoms in total. The maximum absolute atomic E-state index is 12.1. The van der Waals surface area contributed by atoms with Gasteiger partial charge in [-0.3, -0.25) is 0 Å². The minimum atomic E-state index is -0.592. The van der Waals surface area contributed by atoms with Crippen molar-refractivity contribution in [3.05, 3.63) is 18.2 Å². The minimum Gasteiger partial charge on any atom is -0.444 e. The maximum Gasteiger partial charge on any atom is 0.410 e. The standard InChI is InChI=1S/C14H26N4O3/c1-11(19)9-18(13(20)21-14(2,3)4)6-5-15-7-12-8-16-10-17-12/h8,10-11,15,19H,5-7,9H2,1-4H3,(H,16,17). The van der Waals surface area contributed by atoms with Crippen molar-refractivity contribution in [1.82, 2.24) is 20.2 Å². The average Bonchev–Trinajstić information content (AvgIpc) is 2.83. The molecule has 0 bridgehead atoms. The number of imidazole rings is 1. The Kier molecular flexibility index (Phi) is 6.64. The van der Waals surface area contributed by atoms with Gasteiger partial charge in [-0.2, -0.15) is 0 Å². The van der Waals surface area contributed by atoms with E-state index in [1.807, 2.05) is 20.8 Å². The summed E-state index contributed by atoms with van der Waals surface area (Å²) < 4.78 is 5.34. The van der Waals surface area contributed by atoms with Crippen LogP contribution in [0.2, 0.25) is 0 Å². The molecule has 0 spiro atoms. The number of amides is 1. The van der Waals surface area contributed by atoms with Gasteiger partial charge in [0.2, 0.25) is 0 Å². The van der Waals surface area contributed by atoms with Gasteiger partial charge in [0.15, 0.2) is 0 Å². The van der Waals surface area contributed by atoms with Crippen LogP contribution in [0.1, 0.15) is 33.4 Å². The topological polar surface area (TPSA) is 90.5 Å². The zero-order valence-corrected chi connectivity index (χ0v) is 13.2. The van der Waals surface area contributed by atoms with Gasteiger partial charge in [-0.15, -0.1) is 0 Å². The summed E-state index contributed by atoms with van der Waals surface area (Å²) in [7, 11) is 0. The number of H-pyrrole nitrogens is 1. The molecule has 0 aliphatic carbocycles. The van der Waals surface area contributed by atoms with Crippen LogP contribution in [0.5, 0.6) is 0 Å². The van der Waals surface area contributed by atoms with Gasteiger partial charge >= 0.3 is 6.09 Å². The molecule has 0 fully saturated rings. The van der Waals surface area contributed by atoms with Crippen LogP contribution in [0.3, 0.4) is 0 Å². The molecule has 1 aromatic heterocycles. The first-order chi connectivity index (χ1) is 9.78. The Bertz CT molecular complexity index is 412. The van der Waals surface area contributed by atoms with Crippen LogP contribution in [0.4, 0.5) is 4.79 Å². The number of aliphatic hydroxyl groups is 1. The highest BCUT2D eigenvalue weighted by Crippen LogP contribution is 2.10. The molecule has 0 aliphatic heterocycles. The number of aromatic amines is 1. The third-order valence-corrected chi connectivity index (χ3v) is 2.57. The maximum atomic E-state index is 12.1. The smallest absolute Gasteiger partial charge is 0.410 e. The summed E-state index contributed by atoms with van der Waals surface area (Å²) >= 11 is 0. The van der Waals surface area contributed by atoms with Gasteiger partial charge in [0.1, 0.15) is 5.60 Å². The summed E-state index contributed by atoms with van der Waals surface area (Å²) in [5.41, 5.74) is 0.437. The van der Waals surface area contributed by atoms with Crippen LogP contribution in [-0.4, -0.2) is 57.4 Å². The van der Waals surface area contributed by atoms with Crippen LogP contribution in [0.15, 0.2) is 12.5 Å². The molecule has 1 unspecified atom stereocenters. The monoisotopic (exact) mass is 298 g/mol. The molecule has 0 saturated carbocycles. The second kappa shape index (κ2) is 7.99. The number of ether oxygens (including phenoxy) is 1. The van der Waals surface area contributed by atoms with E-state index in [0.29, 0.717) is 19.6 Å². The molecule has 0 radical (unpaired) electrons. The van der Waals surface area contributed by atoms with E-state index >= 15 is 0 Å². The Morgan fingerprint density at radius 1 is 1.57 bits per heavy atom. The number of nitrogens with one attached hydrogen (secondary N) is 2. The molecule has 120 valence electrons. The minimum absolute atomic E-state index is 0.251. The zero-order chi connectivity index (χ0) is 15.9. The number of hydrogen-bond acceptors (Lipinski definition) is 5. The Labute approximate surface area is 125 Å². The van der Waals surface area contributed by atoms with Crippen LogP contribution in [0.25, 0.3) is 0 Å². The van der Waals surface area contributed by atoms with E-state index < -0.39 is 17.8 Å². The first kappa shape index (κ1) is 17.5. The number of carbonyl (C=O) groups excluding carboxylic acids is 1. The van der Waals surface area contributed by atoms with E-state index in [-0.39, 0.29) is 6.54 Å². The fourth-order valence-corrected chi connectivity index (χ4v) is 1.72. The molecular formula is C14H26N4O3. The lowest BCUT2D eigenvalue weighted by atomic mass is 10.2. The molecule has 1 rings (SSSR count). The Balaban J connectivity index is 2.40. The van der Waals surface area contributed by atoms with Gasteiger partial charge in [0.05, 0.1) is 12.4 Å². The number of aliphatic hydroxyl groups excluding tert-OH is 1. The van der Waals surface area contributed by atoms with Crippen molar-refractivity contribution < 1.29 is 14.6 Å². The summed E-state index contributed by atoms with van der Waals surface area (Å²) in [6, 6.07) is 0. The predicted octanol–water partition coefficient (Wildman–Crippen LogP) is 1.12. The SMILES string of the molecule is CC(O)CN(CCNCc1cnc[nH]1)C(=O)OC(C)(C)C. The van der Waals surface area contributed by atoms with E-state index in [4.69, 9.17) is 4.74 Å². The molecule has 0 saturated heterocycles. The zero-order valence-electron chi connectivity index (χ0n) is 13.2. The predicted molar refractivity (Wildman–Crippen MR) is 79.8 cm³/mol. The van der Waals surface area contributed by atoms with Crippen molar-refractivity contribution in [2.45, 2.75) is 45.9 Å². The average molecular weight is 298 g/mol. The van der Waals surface area contributed by atoms with Gasteiger partial charge in [0, 0.05) is 38.1 Å². The molecule has 1 atom stereocenters. The number of carbonyl (C=O) groups is 1. The first-order valence-electron chi connectivity index (χ1n) is 7.12. The normalized spacial score (nSPS) is 13.0. The molecule has 0 aromatic carbocycles. The number of aromatic nitrogens is 2. The number of hydrogen-bond donors (Lipinski definition) is 3. The quantitative estimate of drug-likeness (QED) is 0.656. The highest BCUT2D eigenvalue weighted by atomic mass is 16.6. The molecular weight excluding hydrogens is 272 g/mol. The molecule has 1 amide bonds. The van der Waals surface area contributed by atoms with Crippen LogP contribution >= 0.6 is 0 Å². The summed E-state index contributed by atoms with van der Waals surface area (Å²) in [6.45, 7) is 9.08. The van der Waals surface area contributed by atoms with Crippen molar-refractivity contribution in [2.24, 2.45) is 0 Å². The van der Waals surface area contributed by atoms with Crippen molar-refractivity contribution >= 4 is 6.09 Å². The van der Waals surface area contributed by atoms with Gasteiger partial charge < -0.3 is 25.0 Å². The summed E-state index contributed by atoms with van der Waals surface area (Å²) in [5.74, 6) is 0. The highest BCUT2D eigenvalue weighted by Gasteiger charge is 2.22. The number of nitrogens with zero attached hydrogens (tertiary/aromatic N) is 2. The van der Waals surface area contributed by atoms with E-state index in [1.165, 1.54) is 4.90 Å². The van der Waals surface area contributed by atoms with Crippen molar-refractivity contribution in [1.29, 1.82) is 0 Å². The third kappa shape index (κ3) is 7.67. The number of rotatable bonds is 7. The van der Waals surface area contributed by atoms with Crippen molar-refractivity contribution in [3.63, 3.8) is 0 Å².